The fourth-order valence-electron chi connectivity index (χ4n) is 7.44. The number of benzene rings is 2. The normalized spacial score (nSPS) is 14.8. The number of hydrogen-bond acceptors (Lipinski definition) is 14. The lowest BCUT2D eigenvalue weighted by Crippen LogP contribution is -2.28. The summed E-state index contributed by atoms with van der Waals surface area (Å²) in [6.07, 6.45) is 6.21. The number of aliphatic hydroxyl groups is 1. The van der Waals surface area contributed by atoms with E-state index < -0.39 is 17.8 Å². The molecule has 59 heavy (non-hydrogen) atoms. The van der Waals surface area contributed by atoms with Gasteiger partial charge in [0.25, 0.3) is 0 Å². The van der Waals surface area contributed by atoms with Gasteiger partial charge in [0, 0.05) is 51.7 Å². The van der Waals surface area contributed by atoms with Crippen molar-refractivity contribution in [3.8, 4) is 22.3 Å². The highest BCUT2D eigenvalue weighted by molar-refractivity contribution is 7.11. The van der Waals surface area contributed by atoms with Crippen LogP contribution in [0, 0.1) is 27.7 Å². The molecule has 2 fully saturated rings. The molecule has 0 radical (unpaired) electrons. The number of carbonyl (C=O) groups is 2. The third kappa shape index (κ3) is 7.40. The molecule has 6 aromatic heterocycles. The van der Waals surface area contributed by atoms with Crippen molar-refractivity contribution in [2.45, 2.75) is 97.7 Å². The highest BCUT2D eigenvalue weighted by Gasteiger charge is 2.35. The van der Waals surface area contributed by atoms with Gasteiger partial charge in [-0.3, -0.25) is 4.79 Å². The molecule has 2 aromatic carbocycles. The first-order valence-corrected chi connectivity index (χ1v) is 21.2. The zero-order valence-electron chi connectivity index (χ0n) is 33.6. The summed E-state index contributed by atoms with van der Waals surface area (Å²) in [7, 11) is 0. The number of nitrogens with one attached hydrogen (secondary N) is 1. The number of carbonyl (C=O) groups excluding carboxylic acids is 2. The lowest BCUT2D eigenvalue weighted by Gasteiger charge is -2.20. The quantitative estimate of drug-likeness (QED) is 0.138. The van der Waals surface area contributed by atoms with Gasteiger partial charge in [-0.25, -0.2) is 29.3 Å². The molecule has 1 atom stereocenters. The Morgan fingerprint density at radius 2 is 1.49 bits per heavy atom. The van der Waals surface area contributed by atoms with Gasteiger partial charge in [0.05, 0.1) is 33.5 Å². The third-order valence-electron chi connectivity index (χ3n) is 10.4. The van der Waals surface area contributed by atoms with Crippen LogP contribution in [0.1, 0.15) is 125 Å². The molecule has 0 saturated heterocycles. The summed E-state index contributed by atoms with van der Waals surface area (Å²) in [5, 5.41) is 23.7. The summed E-state index contributed by atoms with van der Waals surface area (Å²) >= 11 is 2.71. The average Bonchev–Trinajstić information content (AvgIpc) is 3.74. The van der Waals surface area contributed by atoms with Crippen molar-refractivity contribution in [3.63, 3.8) is 0 Å². The van der Waals surface area contributed by atoms with Gasteiger partial charge >= 0.3 is 6.09 Å². The van der Waals surface area contributed by atoms with Crippen molar-refractivity contribution in [1.82, 2.24) is 39.8 Å². The second kappa shape index (κ2) is 14.8. The van der Waals surface area contributed by atoms with E-state index >= 15 is 0 Å². The first-order chi connectivity index (χ1) is 28.3. The second-order valence-corrected chi connectivity index (χ2v) is 18.0. The van der Waals surface area contributed by atoms with Crippen LogP contribution in [0.4, 0.5) is 4.79 Å². The maximum atomic E-state index is 13.5. The molecule has 10 rings (SSSR count). The number of aliphatic hydroxyl groups excluding tert-OH is 1. The number of H-pyrrole nitrogens is 1. The molecule has 6 heterocycles. The van der Waals surface area contributed by atoms with Gasteiger partial charge in [-0.15, -0.1) is 22.7 Å². The fourth-order valence-corrected chi connectivity index (χ4v) is 8.67. The van der Waals surface area contributed by atoms with E-state index in [0.717, 1.165) is 69.0 Å². The zero-order chi connectivity index (χ0) is 41.3. The van der Waals surface area contributed by atoms with E-state index in [9.17, 15) is 14.7 Å². The third-order valence-corrected chi connectivity index (χ3v) is 12.0. The molecule has 0 bridgehead atoms. The fraction of sp³-hybridized carbons (Fsp3) is 0.349. The summed E-state index contributed by atoms with van der Waals surface area (Å²) in [6.45, 7) is 13.0. The number of rotatable bonds is 8. The average molecular weight is 831 g/mol. The van der Waals surface area contributed by atoms with Crippen molar-refractivity contribution in [2.75, 3.05) is 0 Å². The van der Waals surface area contributed by atoms with E-state index in [1.165, 1.54) is 40.1 Å². The Morgan fingerprint density at radius 1 is 0.847 bits per heavy atom. The number of aryl methyl sites for hydroxylation is 4. The predicted octanol–water partition coefficient (Wildman–Crippen LogP) is 9.91. The van der Waals surface area contributed by atoms with Crippen molar-refractivity contribution in [2.24, 2.45) is 0 Å². The van der Waals surface area contributed by atoms with Crippen LogP contribution in [-0.4, -0.2) is 62.4 Å². The molecule has 302 valence electrons. The van der Waals surface area contributed by atoms with Crippen LogP contribution in [0.15, 0.2) is 56.5 Å². The topological polar surface area (TPSA) is 188 Å². The van der Waals surface area contributed by atoms with Crippen LogP contribution in [0.5, 0.6) is 0 Å². The van der Waals surface area contributed by atoms with Gasteiger partial charge in [0.1, 0.15) is 45.4 Å². The maximum absolute atomic E-state index is 13.5. The number of ether oxygens (including phenoxy) is 1. The lowest BCUT2D eigenvalue weighted by molar-refractivity contribution is 0.0538. The van der Waals surface area contributed by atoms with Crippen molar-refractivity contribution in [3.05, 3.63) is 103 Å². The largest absolute Gasteiger partial charge is 0.443 e. The molecule has 2 aliphatic rings. The van der Waals surface area contributed by atoms with Crippen LogP contribution in [0.25, 0.3) is 44.3 Å². The van der Waals surface area contributed by atoms with Gasteiger partial charge < -0.3 is 23.9 Å². The molecule has 1 unspecified atom stereocenters. The maximum Gasteiger partial charge on any atom is 0.420 e. The van der Waals surface area contributed by atoms with E-state index in [0.29, 0.717) is 49.8 Å². The van der Waals surface area contributed by atoms with Gasteiger partial charge in [-0.1, -0.05) is 10.3 Å². The lowest BCUT2D eigenvalue weighted by atomic mass is 9.98. The standard InChI is InChI=1S/C24H24N4O4S.C19H18N4O2S/c1-12-18(13(2)32-27-12)15-10-16(20(29)22-25-8-9-33-22)19-17(11-15)28(21(26-19)14-6-7-14)23(30)31-24(3,4)5;1-9-15(10(2)25-23-9)12-7-13(17(24)19-20-5-6-26-19)16-14(8-12)21-18(22-16)11-3-4-11/h8-11,14H,6-7H2,1-5H3;5-8,11,17,24H,3-4H2,1-2H3,(H,21,22). The molecule has 0 aliphatic heterocycles. The molecule has 2 N–H and O–H groups in total. The van der Waals surface area contributed by atoms with E-state index in [1.807, 2.05) is 66.0 Å². The van der Waals surface area contributed by atoms with E-state index in [1.54, 1.807) is 23.8 Å². The predicted molar refractivity (Wildman–Crippen MR) is 223 cm³/mol. The van der Waals surface area contributed by atoms with Gasteiger partial charge in [0.15, 0.2) is 5.01 Å². The first-order valence-electron chi connectivity index (χ1n) is 19.5. The molecular weight excluding hydrogens is 789 g/mol. The molecule has 0 amide bonds. The summed E-state index contributed by atoms with van der Waals surface area (Å²) in [6, 6.07) is 7.71. The monoisotopic (exact) mass is 830 g/mol. The van der Waals surface area contributed by atoms with Crippen molar-refractivity contribution < 1.29 is 28.5 Å². The zero-order valence-corrected chi connectivity index (χ0v) is 35.2. The number of imidazole rings is 2. The molecule has 16 heteroatoms. The summed E-state index contributed by atoms with van der Waals surface area (Å²) in [5.74, 6) is 3.46. The van der Waals surface area contributed by atoms with E-state index in [4.69, 9.17) is 23.8 Å². The van der Waals surface area contributed by atoms with Gasteiger partial charge in [-0.05, 0) is 110 Å². The molecule has 2 saturated carbocycles. The van der Waals surface area contributed by atoms with Crippen LogP contribution in [0.2, 0.25) is 0 Å². The van der Waals surface area contributed by atoms with Crippen LogP contribution in [-0.2, 0) is 4.74 Å². The Kier molecular flexibility index (Phi) is 9.68. The second-order valence-electron chi connectivity index (χ2n) is 16.1. The van der Waals surface area contributed by atoms with Gasteiger partial charge in [0.2, 0.25) is 5.78 Å². The molecule has 14 nitrogen and oxygen atoms in total. The summed E-state index contributed by atoms with van der Waals surface area (Å²) < 4.78 is 18.0. The highest BCUT2D eigenvalue weighted by atomic mass is 32.1. The smallest absolute Gasteiger partial charge is 0.420 e. The minimum Gasteiger partial charge on any atom is -0.443 e. The molecular formula is C43H42N8O6S2. The van der Waals surface area contributed by atoms with Crippen LogP contribution >= 0.6 is 22.7 Å². The Morgan fingerprint density at radius 3 is 2.05 bits per heavy atom. The van der Waals surface area contributed by atoms with E-state index in [2.05, 4.69) is 31.3 Å². The number of aromatic amines is 1. The van der Waals surface area contributed by atoms with Crippen molar-refractivity contribution >= 4 is 56.6 Å². The molecule has 2 aliphatic carbocycles. The Balaban J connectivity index is 0.000000156. The molecule has 0 spiro atoms. The molecule has 8 aromatic rings. The number of thiazole rings is 2. The minimum absolute atomic E-state index is 0.162. The first kappa shape index (κ1) is 38.7. The summed E-state index contributed by atoms with van der Waals surface area (Å²) in [4.78, 5) is 48.3. The highest BCUT2D eigenvalue weighted by Crippen LogP contribution is 2.44. The van der Waals surface area contributed by atoms with Gasteiger partial charge in [-0.2, -0.15) is 0 Å². The van der Waals surface area contributed by atoms with Crippen molar-refractivity contribution in [1.29, 1.82) is 0 Å². The van der Waals surface area contributed by atoms with Crippen LogP contribution < -0.4 is 0 Å². The SMILES string of the molecule is Cc1noc(C)c1-c1cc(C(=O)c2nccs2)c2nc(C3CC3)n(C(=O)OC(C)(C)C)c2c1.Cc1noc(C)c1-c1cc(C(O)c2nccs2)c2nc(C3CC3)[nH]c2c1. The van der Waals surface area contributed by atoms with E-state index in [-0.39, 0.29) is 11.7 Å². The minimum atomic E-state index is -0.812. The Labute approximate surface area is 346 Å². The van der Waals surface area contributed by atoms with Crippen LogP contribution in [0.3, 0.4) is 0 Å². The number of fused-ring (bicyclic) bond motifs is 2. The number of aromatic nitrogens is 8. The number of hydrogen-bond donors (Lipinski definition) is 2. The number of ketones is 1. The number of nitrogens with zero attached hydrogens (tertiary/aromatic N) is 7. The Hall–Kier alpha value is -5.84. The summed E-state index contributed by atoms with van der Waals surface area (Å²) in [5.41, 5.74) is 8.18. The Bertz CT molecular complexity index is 2830.